The van der Waals surface area contributed by atoms with Crippen LogP contribution in [0.5, 0.6) is 5.75 Å². The van der Waals surface area contributed by atoms with E-state index in [-0.39, 0.29) is 5.56 Å². The monoisotopic (exact) mass is 212 g/mol. The largest absolute Gasteiger partial charge is 0.503 e. The summed E-state index contributed by atoms with van der Waals surface area (Å²) < 4.78 is 26.1. The van der Waals surface area contributed by atoms with Gasteiger partial charge >= 0.3 is 0 Å². The number of thiophene rings is 1. The van der Waals surface area contributed by atoms with Gasteiger partial charge in [0, 0.05) is 10.4 Å². The van der Waals surface area contributed by atoms with Gasteiger partial charge in [-0.25, -0.2) is 8.78 Å². The van der Waals surface area contributed by atoms with Crippen molar-refractivity contribution in [3.8, 4) is 16.2 Å². The molecule has 1 nitrogen and oxygen atoms in total. The van der Waals surface area contributed by atoms with Crippen LogP contribution in [-0.4, -0.2) is 5.11 Å². The molecule has 0 atom stereocenters. The third-order valence-corrected chi connectivity index (χ3v) is 2.76. The van der Waals surface area contributed by atoms with Crippen molar-refractivity contribution >= 4 is 11.3 Å². The van der Waals surface area contributed by atoms with E-state index in [9.17, 15) is 8.78 Å². The van der Waals surface area contributed by atoms with E-state index >= 15 is 0 Å². The molecule has 2 aromatic rings. The number of hydrogen-bond donors (Lipinski definition) is 1. The van der Waals surface area contributed by atoms with Crippen molar-refractivity contribution < 1.29 is 13.9 Å². The third-order valence-electron chi connectivity index (χ3n) is 1.85. The van der Waals surface area contributed by atoms with Crippen molar-refractivity contribution in [3.63, 3.8) is 0 Å². The lowest BCUT2D eigenvalue weighted by Crippen LogP contribution is -1.86. The fourth-order valence-electron chi connectivity index (χ4n) is 1.16. The number of aromatic hydroxyl groups is 1. The summed E-state index contributed by atoms with van der Waals surface area (Å²) in [6.07, 6.45) is 0. The molecule has 0 aliphatic carbocycles. The molecule has 0 aliphatic rings. The molecule has 1 heterocycles. The first-order chi connectivity index (χ1) is 6.70. The molecular weight excluding hydrogens is 206 g/mol. The first-order valence-electron chi connectivity index (χ1n) is 3.91. The molecular formula is C10H6F2OS. The Bertz CT molecular complexity index is 451. The summed E-state index contributed by atoms with van der Waals surface area (Å²) in [6, 6.07) is 5.84. The second-order valence-corrected chi connectivity index (χ2v) is 3.68. The van der Waals surface area contributed by atoms with Gasteiger partial charge in [-0.15, -0.1) is 11.3 Å². The highest BCUT2D eigenvalue weighted by Gasteiger charge is 2.13. The summed E-state index contributed by atoms with van der Waals surface area (Å²) in [5.41, 5.74) is 0.221. The van der Waals surface area contributed by atoms with E-state index in [2.05, 4.69) is 0 Å². The summed E-state index contributed by atoms with van der Waals surface area (Å²) in [5.74, 6) is -2.77. The van der Waals surface area contributed by atoms with Crippen LogP contribution in [-0.2, 0) is 0 Å². The second kappa shape index (κ2) is 3.38. The number of benzene rings is 1. The molecule has 1 N–H and O–H groups in total. The van der Waals surface area contributed by atoms with E-state index in [0.29, 0.717) is 4.88 Å². The molecule has 2 rings (SSSR count). The van der Waals surface area contributed by atoms with E-state index in [4.69, 9.17) is 5.11 Å². The molecule has 1 aromatic carbocycles. The third kappa shape index (κ3) is 1.37. The van der Waals surface area contributed by atoms with Crippen molar-refractivity contribution in [2.45, 2.75) is 0 Å². The minimum Gasteiger partial charge on any atom is -0.503 e. The van der Waals surface area contributed by atoms with Gasteiger partial charge < -0.3 is 5.11 Å². The molecule has 72 valence electrons. The van der Waals surface area contributed by atoms with Gasteiger partial charge in [0.15, 0.2) is 17.4 Å². The number of phenols is 1. The van der Waals surface area contributed by atoms with Crippen molar-refractivity contribution in [3.05, 3.63) is 41.3 Å². The second-order valence-electron chi connectivity index (χ2n) is 2.73. The zero-order valence-corrected chi connectivity index (χ0v) is 7.81. The Morgan fingerprint density at radius 1 is 1.14 bits per heavy atom. The number of halogens is 2. The van der Waals surface area contributed by atoms with Crippen LogP contribution in [0, 0.1) is 11.6 Å². The van der Waals surface area contributed by atoms with Gasteiger partial charge in [-0.2, -0.15) is 0 Å². The zero-order valence-electron chi connectivity index (χ0n) is 7.00. The summed E-state index contributed by atoms with van der Waals surface area (Å²) in [6.45, 7) is 0. The minimum absolute atomic E-state index is 0.221. The van der Waals surface area contributed by atoms with E-state index < -0.39 is 17.4 Å². The quantitative estimate of drug-likeness (QED) is 0.768. The normalized spacial score (nSPS) is 10.4. The Hall–Kier alpha value is -1.42. The van der Waals surface area contributed by atoms with Gasteiger partial charge in [0.2, 0.25) is 0 Å². The number of hydrogen-bond acceptors (Lipinski definition) is 2. The summed E-state index contributed by atoms with van der Waals surface area (Å²) in [5, 5.41) is 10.8. The van der Waals surface area contributed by atoms with Crippen molar-refractivity contribution in [1.82, 2.24) is 0 Å². The SMILES string of the molecule is Oc1c(F)ccc(-c2cccs2)c1F. The molecule has 4 heteroatoms. The first-order valence-corrected chi connectivity index (χ1v) is 4.79. The number of phenolic OH excluding ortho intramolecular Hbond substituents is 1. The van der Waals surface area contributed by atoms with Crippen molar-refractivity contribution in [2.24, 2.45) is 0 Å². The highest BCUT2D eigenvalue weighted by Crippen LogP contribution is 2.32. The molecule has 0 fully saturated rings. The average molecular weight is 212 g/mol. The molecule has 0 unspecified atom stereocenters. The van der Waals surface area contributed by atoms with Crippen molar-refractivity contribution in [1.29, 1.82) is 0 Å². The average Bonchev–Trinajstić information content (AvgIpc) is 2.67. The maximum atomic E-state index is 13.3. The van der Waals surface area contributed by atoms with Gasteiger partial charge in [-0.1, -0.05) is 6.07 Å². The Labute approximate surface area is 83.3 Å². The lowest BCUT2D eigenvalue weighted by molar-refractivity contribution is 0.397. The lowest BCUT2D eigenvalue weighted by atomic mass is 10.1. The van der Waals surface area contributed by atoms with Crippen LogP contribution in [0.2, 0.25) is 0 Å². The molecule has 14 heavy (non-hydrogen) atoms. The molecule has 0 amide bonds. The summed E-state index contributed by atoms with van der Waals surface area (Å²) in [4.78, 5) is 0.665. The van der Waals surface area contributed by atoms with Crippen LogP contribution < -0.4 is 0 Å². The van der Waals surface area contributed by atoms with Crippen LogP contribution in [0.25, 0.3) is 10.4 Å². The zero-order chi connectivity index (χ0) is 10.1. The smallest absolute Gasteiger partial charge is 0.188 e. The van der Waals surface area contributed by atoms with Gasteiger partial charge in [0.25, 0.3) is 0 Å². The molecule has 0 saturated heterocycles. The fourth-order valence-corrected chi connectivity index (χ4v) is 1.91. The maximum absolute atomic E-state index is 13.3. The van der Waals surface area contributed by atoms with Crippen LogP contribution in [0.3, 0.4) is 0 Å². The predicted molar refractivity (Wildman–Crippen MR) is 51.3 cm³/mol. The van der Waals surface area contributed by atoms with E-state index in [1.807, 2.05) is 0 Å². The minimum atomic E-state index is -0.942. The standard InChI is InChI=1S/C10H6F2OS/c11-7-4-3-6(9(12)10(7)13)8-2-1-5-14-8/h1-5,13H. The Kier molecular flexibility index (Phi) is 2.21. The maximum Gasteiger partial charge on any atom is 0.188 e. The predicted octanol–water partition coefficient (Wildman–Crippen LogP) is 3.40. The van der Waals surface area contributed by atoms with E-state index in [1.54, 1.807) is 17.5 Å². The molecule has 0 saturated carbocycles. The van der Waals surface area contributed by atoms with Gasteiger partial charge in [0.1, 0.15) is 0 Å². The van der Waals surface area contributed by atoms with E-state index in [0.717, 1.165) is 6.07 Å². The van der Waals surface area contributed by atoms with Gasteiger partial charge in [-0.3, -0.25) is 0 Å². The molecule has 0 aliphatic heterocycles. The topological polar surface area (TPSA) is 20.2 Å². The summed E-state index contributed by atoms with van der Waals surface area (Å²) >= 11 is 1.33. The molecule has 1 aromatic heterocycles. The number of rotatable bonds is 1. The van der Waals surface area contributed by atoms with Crippen LogP contribution in [0.4, 0.5) is 8.78 Å². The Morgan fingerprint density at radius 3 is 2.57 bits per heavy atom. The van der Waals surface area contributed by atoms with Crippen LogP contribution in [0.15, 0.2) is 29.6 Å². The molecule has 0 bridgehead atoms. The van der Waals surface area contributed by atoms with Crippen LogP contribution >= 0.6 is 11.3 Å². The lowest BCUT2D eigenvalue weighted by Gasteiger charge is -2.02. The summed E-state index contributed by atoms with van der Waals surface area (Å²) in [7, 11) is 0. The highest BCUT2D eigenvalue weighted by atomic mass is 32.1. The highest BCUT2D eigenvalue weighted by molar-refractivity contribution is 7.13. The molecule has 0 radical (unpaired) electrons. The Balaban J connectivity index is 2.61. The fraction of sp³-hybridized carbons (Fsp3) is 0. The first kappa shape index (κ1) is 9.15. The van der Waals surface area contributed by atoms with Crippen molar-refractivity contribution in [2.75, 3.05) is 0 Å². The van der Waals surface area contributed by atoms with Gasteiger partial charge in [-0.05, 0) is 23.6 Å². The molecule has 0 spiro atoms. The van der Waals surface area contributed by atoms with Crippen LogP contribution in [0.1, 0.15) is 0 Å². The Morgan fingerprint density at radius 2 is 1.93 bits per heavy atom. The van der Waals surface area contributed by atoms with Gasteiger partial charge in [0.05, 0.1) is 0 Å². The van der Waals surface area contributed by atoms with E-state index in [1.165, 1.54) is 17.4 Å².